The van der Waals surface area contributed by atoms with Crippen molar-refractivity contribution in [1.29, 1.82) is 0 Å². The van der Waals surface area contributed by atoms with Crippen LogP contribution in [-0.4, -0.2) is 60.0 Å². The molecule has 4 heterocycles. The minimum absolute atomic E-state index is 0.108. The zero-order valence-corrected chi connectivity index (χ0v) is 19.0. The Labute approximate surface area is 190 Å². The Bertz CT molecular complexity index is 894. The molecule has 2 bridgehead atoms. The van der Waals surface area contributed by atoms with Gasteiger partial charge in [0.05, 0.1) is 0 Å². The summed E-state index contributed by atoms with van der Waals surface area (Å²) in [5, 5.41) is 0. The highest BCUT2D eigenvalue weighted by atomic mass is 16.1. The van der Waals surface area contributed by atoms with Crippen molar-refractivity contribution in [2.45, 2.75) is 51.4 Å². The second-order valence-corrected chi connectivity index (χ2v) is 10.3. The van der Waals surface area contributed by atoms with Crippen LogP contribution in [0.4, 0.5) is 17.8 Å². The van der Waals surface area contributed by atoms with Crippen molar-refractivity contribution in [1.82, 2.24) is 15.0 Å². The van der Waals surface area contributed by atoms with Gasteiger partial charge in [0.25, 0.3) is 0 Å². The van der Waals surface area contributed by atoms with E-state index in [4.69, 9.17) is 15.0 Å². The molecule has 2 aliphatic carbocycles. The van der Waals surface area contributed by atoms with E-state index in [1.54, 1.807) is 6.08 Å². The van der Waals surface area contributed by atoms with Crippen LogP contribution in [0.3, 0.4) is 0 Å². The number of hydrogen-bond acceptors (Lipinski definition) is 7. The van der Waals surface area contributed by atoms with E-state index in [-0.39, 0.29) is 5.92 Å². The number of fused-ring (bicyclic) bond motifs is 4. The van der Waals surface area contributed by atoms with Crippen LogP contribution in [0.1, 0.15) is 51.4 Å². The van der Waals surface area contributed by atoms with Crippen LogP contribution >= 0.6 is 0 Å². The zero-order valence-electron chi connectivity index (χ0n) is 19.0. The fraction of sp³-hybridized carbons (Fsp3) is 0.680. The van der Waals surface area contributed by atoms with E-state index in [1.165, 1.54) is 50.5 Å². The van der Waals surface area contributed by atoms with Crippen molar-refractivity contribution in [3.8, 4) is 0 Å². The minimum atomic E-state index is 0.108. The molecule has 1 aromatic rings. The Morgan fingerprint density at radius 2 is 1.31 bits per heavy atom. The number of ketones is 1. The summed E-state index contributed by atoms with van der Waals surface area (Å²) in [6.07, 6.45) is 15.5. The zero-order chi connectivity index (χ0) is 21.5. The third kappa shape index (κ3) is 3.80. The van der Waals surface area contributed by atoms with Gasteiger partial charge in [0, 0.05) is 45.2 Å². The minimum Gasteiger partial charge on any atom is -0.341 e. The molecule has 3 atom stereocenters. The maximum Gasteiger partial charge on any atom is 0.231 e. The molecule has 32 heavy (non-hydrogen) atoms. The van der Waals surface area contributed by atoms with Gasteiger partial charge in [0.15, 0.2) is 5.78 Å². The standard InChI is InChI=1S/C25H34N6O/c32-22-9-7-8-20-19-14-18(15-21(20)22)16-31(17-19)25-27-23(29-10-3-1-4-11-29)26-24(28-25)30-12-5-2-6-13-30/h7-9,18-19,21H,1-6,10-17H2/t18-,19-,21+/m0/s1. The molecule has 1 saturated carbocycles. The van der Waals surface area contributed by atoms with Crippen LogP contribution < -0.4 is 14.7 Å². The number of nitrogens with zero attached hydrogens (tertiary/aromatic N) is 6. The number of anilines is 3. The third-order valence-electron chi connectivity index (χ3n) is 8.03. The maximum atomic E-state index is 12.5. The first-order chi connectivity index (χ1) is 15.7. The SMILES string of the molecule is O=C1C=CC=C2[C@H]3C[C@@H](C[C@@H]12)CN(c1nc(N2CCCCC2)nc(N2CCCCC2)n1)C3. The lowest BCUT2D eigenvalue weighted by molar-refractivity contribution is -0.118. The molecule has 0 N–H and O–H groups in total. The molecular formula is C25H34N6O. The monoisotopic (exact) mass is 434 g/mol. The van der Waals surface area contributed by atoms with Crippen molar-refractivity contribution in [3.05, 3.63) is 23.8 Å². The first kappa shape index (κ1) is 20.2. The molecule has 0 unspecified atom stereocenters. The van der Waals surface area contributed by atoms with Crippen LogP contribution in [-0.2, 0) is 4.79 Å². The molecular weight excluding hydrogens is 400 g/mol. The molecule has 1 aromatic heterocycles. The first-order valence-electron chi connectivity index (χ1n) is 12.7. The second kappa shape index (κ2) is 8.49. The molecule has 170 valence electrons. The summed E-state index contributed by atoms with van der Waals surface area (Å²) in [5.41, 5.74) is 1.33. The average Bonchev–Trinajstić information content (AvgIpc) is 2.85. The summed E-state index contributed by atoms with van der Waals surface area (Å²) in [4.78, 5) is 34.6. The van der Waals surface area contributed by atoms with E-state index in [2.05, 4.69) is 20.8 Å². The van der Waals surface area contributed by atoms with Gasteiger partial charge in [-0.1, -0.05) is 17.7 Å². The highest BCUT2D eigenvalue weighted by Gasteiger charge is 2.42. The lowest BCUT2D eigenvalue weighted by atomic mass is 9.66. The van der Waals surface area contributed by atoms with E-state index in [0.717, 1.165) is 63.5 Å². The third-order valence-corrected chi connectivity index (χ3v) is 8.03. The second-order valence-electron chi connectivity index (χ2n) is 10.3. The summed E-state index contributed by atoms with van der Waals surface area (Å²) in [5.74, 6) is 3.92. The predicted molar refractivity (Wildman–Crippen MR) is 126 cm³/mol. The van der Waals surface area contributed by atoms with Crippen LogP contribution in [0.5, 0.6) is 0 Å². The number of allylic oxidation sites excluding steroid dienone is 3. The average molecular weight is 435 g/mol. The maximum absolute atomic E-state index is 12.5. The Morgan fingerprint density at radius 1 is 0.719 bits per heavy atom. The summed E-state index contributed by atoms with van der Waals surface area (Å²) < 4.78 is 0. The molecule has 7 nitrogen and oxygen atoms in total. The number of aromatic nitrogens is 3. The van der Waals surface area contributed by atoms with Gasteiger partial charge in [0.1, 0.15) is 0 Å². The van der Waals surface area contributed by atoms with Crippen LogP contribution in [0.15, 0.2) is 23.8 Å². The van der Waals surface area contributed by atoms with E-state index in [9.17, 15) is 4.79 Å². The number of carbonyl (C=O) groups excluding carboxylic acids is 1. The Balaban J connectivity index is 1.31. The van der Waals surface area contributed by atoms with Gasteiger partial charge in [-0.2, -0.15) is 15.0 Å². The molecule has 0 aromatic carbocycles. The van der Waals surface area contributed by atoms with Crippen LogP contribution in [0.2, 0.25) is 0 Å². The quantitative estimate of drug-likeness (QED) is 0.722. The van der Waals surface area contributed by atoms with Gasteiger partial charge in [-0.25, -0.2) is 0 Å². The Morgan fingerprint density at radius 3 is 1.94 bits per heavy atom. The number of rotatable bonds is 3. The van der Waals surface area contributed by atoms with Crippen molar-refractivity contribution in [2.75, 3.05) is 54.0 Å². The van der Waals surface area contributed by atoms with E-state index in [0.29, 0.717) is 17.6 Å². The van der Waals surface area contributed by atoms with Crippen molar-refractivity contribution in [2.24, 2.45) is 17.8 Å². The number of piperidine rings is 3. The highest BCUT2D eigenvalue weighted by Crippen LogP contribution is 2.44. The van der Waals surface area contributed by atoms with E-state index >= 15 is 0 Å². The van der Waals surface area contributed by atoms with Gasteiger partial charge < -0.3 is 14.7 Å². The Kier molecular flexibility index (Phi) is 5.35. The van der Waals surface area contributed by atoms with E-state index in [1.807, 2.05) is 6.08 Å². The van der Waals surface area contributed by atoms with Crippen molar-refractivity contribution in [3.63, 3.8) is 0 Å². The molecule has 3 aliphatic heterocycles. The van der Waals surface area contributed by atoms with E-state index < -0.39 is 0 Å². The normalized spacial score (nSPS) is 30.2. The van der Waals surface area contributed by atoms with Crippen molar-refractivity contribution >= 4 is 23.6 Å². The van der Waals surface area contributed by atoms with Crippen molar-refractivity contribution < 1.29 is 4.79 Å². The summed E-state index contributed by atoms with van der Waals surface area (Å²) >= 11 is 0. The molecule has 6 rings (SSSR count). The lowest BCUT2D eigenvalue weighted by Gasteiger charge is -2.46. The molecule has 0 radical (unpaired) electrons. The van der Waals surface area contributed by atoms with Gasteiger partial charge in [0.2, 0.25) is 17.8 Å². The molecule has 0 amide bonds. The topological polar surface area (TPSA) is 65.5 Å². The Hall–Kier alpha value is -2.44. The molecule has 3 saturated heterocycles. The fourth-order valence-electron chi connectivity index (χ4n) is 6.39. The number of carbonyl (C=O) groups is 1. The first-order valence-corrected chi connectivity index (χ1v) is 12.7. The summed E-state index contributed by atoms with van der Waals surface area (Å²) in [6, 6.07) is 0. The van der Waals surface area contributed by atoms with Crippen LogP contribution in [0, 0.1) is 17.8 Å². The van der Waals surface area contributed by atoms with Gasteiger partial charge in [-0.15, -0.1) is 0 Å². The molecule has 4 fully saturated rings. The molecule has 7 heteroatoms. The van der Waals surface area contributed by atoms with Crippen LogP contribution in [0.25, 0.3) is 0 Å². The fourth-order valence-corrected chi connectivity index (χ4v) is 6.39. The van der Waals surface area contributed by atoms with Gasteiger partial charge in [-0.3, -0.25) is 4.79 Å². The van der Waals surface area contributed by atoms with Gasteiger partial charge >= 0.3 is 0 Å². The summed E-state index contributed by atoms with van der Waals surface area (Å²) in [6.45, 7) is 6.01. The molecule has 0 spiro atoms. The predicted octanol–water partition coefficient (Wildman–Crippen LogP) is 3.38. The smallest absolute Gasteiger partial charge is 0.231 e. The largest absolute Gasteiger partial charge is 0.341 e. The lowest BCUT2D eigenvalue weighted by Crippen LogP contribution is -2.48. The summed E-state index contributed by atoms with van der Waals surface area (Å²) in [7, 11) is 0. The van der Waals surface area contributed by atoms with Gasteiger partial charge in [-0.05, 0) is 69.3 Å². The molecule has 5 aliphatic rings. The highest BCUT2D eigenvalue weighted by molar-refractivity contribution is 5.95. The number of hydrogen-bond donors (Lipinski definition) is 0.